The summed E-state index contributed by atoms with van der Waals surface area (Å²) in [4.78, 5) is 1.03. The summed E-state index contributed by atoms with van der Waals surface area (Å²) in [6.45, 7) is 0. The largest absolute Gasteiger partial charge is 0.130 e. The van der Waals surface area contributed by atoms with Gasteiger partial charge in [-0.15, -0.1) is 22.9 Å². The molecule has 90 valence electrons. The first kappa shape index (κ1) is 14.6. The highest BCUT2D eigenvalue weighted by Gasteiger charge is 2.18. The standard InChI is InChI=1S/C11H5Br2Cl2IS/c12-7-2-1-5(16)3-6(7)10(15)9-4-8(14)11(13)17-9/h1-4,10H. The molecule has 0 aliphatic heterocycles. The zero-order valence-electron chi connectivity index (χ0n) is 8.18. The van der Waals surface area contributed by atoms with Gasteiger partial charge in [0.15, 0.2) is 0 Å². The second-order valence-corrected chi connectivity index (χ2v) is 8.64. The highest BCUT2D eigenvalue weighted by atomic mass is 127. The molecule has 6 heteroatoms. The Balaban J connectivity index is 2.42. The monoisotopic (exact) mass is 524 g/mol. The number of halogens is 5. The lowest BCUT2D eigenvalue weighted by molar-refractivity contribution is 1.16. The maximum absolute atomic E-state index is 6.49. The molecule has 2 rings (SSSR count). The third kappa shape index (κ3) is 3.39. The van der Waals surface area contributed by atoms with E-state index in [0.29, 0.717) is 5.02 Å². The summed E-state index contributed by atoms with van der Waals surface area (Å²) < 4.78 is 3.09. The van der Waals surface area contributed by atoms with Gasteiger partial charge in [-0.25, -0.2) is 0 Å². The molecular formula is C11H5Br2Cl2IS. The van der Waals surface area contributed by atoms with E-state index in [4.69, 9.17) is 23.2 Å². The molecule has 1 aromatic heterocycles. The fourth-order valence-electron chi connectivity index (χ4n) is 1.35. The zero-order valence-corrected chi connectivity index (χ0v) is 15.8. The molecule has 0 bridgehead atoms. The summed E-state index contributed by atoms with van der Waals surface area (Å²) in [6.07, 6.45) is 0. The van der Waals surface area contributed by atoms with Crippen molar-refractivity contribution in [1.82, 2.24) is 0 Å². The van der Waals surface area contributed by atoms with Crippen molar-refractivity contribution in [2.45, 2.75) is 5.38 Å². The highest BCUT2D eigenvalue weighted by Crippen LogP contribution is 2.42. The third-order valence-electron chi connectivity index (χ3n) is 2.15. The first-order valence-electron chi connectivity index (χ1n) is 4.53. The summed E-state index contributed by atoms with van der Waals surface area (Å²) in [5.41, 5.74) is 1.06. The molecular weight excluding hydrogens is 522 g/mol. The Morgan fingerprint density at radius 1 is 1.24 bits per heavy atom. The van der Waals surface area contributed by atoms with Crippen LogP contribution in [0.5, 0.6) is 0 Å². The van der Waals surface area contributed by atoms with Crippen LogP contribution in [0.2, 0.25) is 5.02 Å². The van der Waals surface area contributed by atoms with Crippen molar-refractivity contribution in [3.8, 4) is 0 Å². The molecule has 1 unspecified atom stereocenters. The minimum absolute atomic E-state index is 0.187. The van der Waals surface area contributed by atoms with E-state index in [1.807, 2.05) is 18.2 Å². The molecule has 1 aromatic carbocycles. The van der Waals surface area contributed by atoms with E-state index < -0.39 is 0 Å². The molecule has 1 atom stereocenters. The summed E-state index contributed by atoms with van der Waals surface area (Å²) in [7, 11) is 0. The van der Waals surface area contributed by atoms with Crippen LogP contribution in [0.3, 0.4) is 0 Å². The number of hydrogen-bond donors (Lipinski definition) is 0. The van der Waals surface area contributed by atoms with Crippen molar-refractivity contribution < 1.29 is 0 Å². The lowest BCUT2D eigenvalue weighted by Gasteiger charge is -2.10. The molecule has 0 spiro atoms. The minimum Gasteiger partial charge on any atom is -0.130 e. The number of alkyl halides is 1. The van der Waals surface area contributed by atoms with Gasteiger partial charge in [0.25, 0.3) is 0 Å². The maximum Gasteiger partial charge on any atom is 0.0939 e. The number of rotatable bonds is 2. The Hall–Kier alpha value is 1.19. The average molecular weight is 527 g/mol. The van der Waals surface area contributed by atoms with E-state index in [9.17, 15) is 0 Å². The van der Waals surface area contributed by atoms with Crippen LogP contribution in [-0.2, 0) is 0 Å². The Kier molecular flexibility index (Phi) is 5.23. The quantitative estimate of drug-likeness (QED) is 0.296. The Labute approximate surface area is 144 Å². The molecule has 0 radical (unpaired) electrons. The van der Waals surface area contributed by atoms with Crippen molar-refractivity contribution in [2.24, 2.45) is 0 Å². The molecule has 2 aromatic rings. The molecule has 0 fully saturated rings. The molecule has 1 heterocycles. The molecule has 0 amide bonds. The lowest BCUT2D eigenvalue weighted by atomic mass is 10.1. The van der Waals surface area contributed by atoms with E-state index in [-0.39, 0.29) is 5.38 Å². The van der Waals surface area contributed by atoms with E-state index in [1.165, 1.54) is 0 Å². The highest BCUT2D eigenvalue weighted by molar-refractivity contribution is 14.1. The van der Waals surface area contributed by atoms with Crippen molar-refractivity contribution in [3.63, 3.8) is 0 Å². The Morgan fingerprint density at radius 3 is 2.53 bits per heavy atom. The first-order valence-corrected chi connectivity index (χ1v) is 8.82. The van der Waals surface area contributed by atoms with Gasteiger partial charge in [0.05, 0.1) is 14.2 Å². The van der Waals surface area contributed by atoms with Gasteiger partial charge in [0, 0.05) is 12.9 Å². The summed E-state index contributed by atoms with van der Waals surface area (Å²) in [5, 5.41) is 0.519. The van der Waals surface area contributed by atoms with Gasteiger partial charge >= 0.3 is 0 Å². The van der Waals surface area contributed by atoms with Gasteiger partial charge in [-0.2, -0.15) is 0 Å². The third-order valence-corrected chi connectivity index (χ3v) is 6.68. The van der Waals surface area contributed by atoms with Gasteiger partial charge < -0.3 is 0 Å². The van der Waals surface area contributed by atoms with Crippen LogP contribution < -0.4 is 0 Å². The van der Waals surface area contributed by atoms with Crippen LogP contribution in [0, 0.1) is 3.57 Å². The van der Waals surface area contributed by atoms with E-state index in [2.05, 4.69) is 60.5 Å². The predicted molar refractivity (Wildman–Crippen MR) is 91.6 cm³/mol. The second-order valence-electron chi connectivity index (χ2n) is 3.30. The number of hydrogen-bond acceptors (Lipinski definition) is 1. The minimum atomic E-state index is -0.187. The number of benzene rings is 1. The van der Waals surface area contributed by atoms with Crippen LogP contribution in [-0.4, -0.2) is 0 Å². The van der Waals surface area contributed by atoms with Crippen LogP contribution >= 0.6 is 89.0 Å². The van der Waals surface area contributed by atoms with Crippen molar-refractivity contribution in [3.05, 3.63) is 51.6 Å². The molecule has 0 nitrogen and oxygen atoms in total. The van der Waals surface area contributed by atoms with Crippen molar-refractivity contribution >= 4 is 89.0 Å². The zero-order chi connectivity index (χ0) is 12.6. The second kappa shape index (κ2) is 6.09. The molecule has 0 N–H and O–H groups in total. The van der Waals surface area contributed by atoms with E-state index in [1.54, 1.807) is 11.3 Å². The molecule has 0 aliphatic carbocycles. The smallest absolute Gasteiger partial charge is 0.0939 e. The van der Waals surface area contributed by atoms with Crippen LogP contribution in [0.1, 0.15) is 15.8 Å². The van der Waals surface area contributed by atoms with Gasteiger partial charge in [0.2, 0.25) is 0 Å². The summed E-state index contributed by atoms with van der Waals surface area (Å²) in [6, 6.07) is 8.02. The van der Waals surface area contributed by atoms with E-state index in [0.717, 1.165) is 22.3 Å². The van der Waals surface area contributed by atoms with Gasteiger partial charge in [-0.05, 0) is 68.3 Å². The fourth-order valence-corrected chi connectivity index (χ4v) is 4.59. The fraction of sp³-hybridized carbons (Fsp3) is 0.0909. The van der Waals surface area contributed by atoms with Gasteiger partial charge in [-0.1, -0.05) is 27.5 Å². The summed E-state index contributed by atoms with van der Waals surface area (Å²) >= 11 is 23.3. The van der Waals surface area contributed by atoms with Crippen molar-refractivity contribution in [1.29, 1.82) is 0 Å². The Morgan fingerprint density at radius 2 is 1.94 bits per heavy atom. The summed E-state index contributed by atoms with van der Waals surface area (Å²) in [5.74, 6) is 0. The van der Waals surface area contributed by atoms with Gasteiger partial charge in [0.1, 0.15) is 0 Å². The Bertz CT molecular complexity index is 537. The predicted octanol–water partition coefficient (Wildman–Crippen LogP) is 6.86. The number of thiophene rings is 1. The first-order chi connectivity index (χ1) is 7.99. The topological polar surface area (TPSA) is 0 Å². The molecule has 0 saturated heterocycles. The normalized spacial score (nSPS) is 12.8. The lowest BCUT2D eigenvalue weighted by Crippen LogP contribution is -1.92. The SMILES string of the molecule is Clc1cc(C(Cl)c2cc(I)ccc2Br)sc1Br. The average Bonchev–Trinajstić information content (AvgIpc) is 2.62. The van der Waals surface area contributed by atoms with Crippen LogP contribution in [0.15, 0.2) is 32.5 Å². The van der Waals surface area contributed by atoms with Gasteiger partial charge in [-0.3, -0.25) is 0 Å². The molecule has 0 saturated carbocycles. The van der Waals surface area contributed by atoms with Crippen LogP contribution in [0.25, 0.3) is 0 Å². The maximum atomic E-state index is 6.49. The van der Waals surface area contributed by atoms with Crippen LogP contribution in [0.4, 0.5) is 0 Å². The van der Waals surface area contributed by atoms with E-state index >= 15 is 0 Å². The van der Waals surface area contributed by atoms with Crippen molar-refractivity contribution in [2.75, 3.05) is 0 Å². The molecule has 17 heavy (non-hydrogen) atoms. The molecule has 0 aliphatic rings.